The van der Waals surface area contributed by atoms with Gasteiger partial charge in [-0.3, -0.25) is 4.57 Å². The number of aromatic nitrogens is 10. The highest BCUT2D eigenvalue weighted by molar-refractivity contribution is 6.08. The topological polar surface area (TPSA) is 95.5 Å². The predicted octanol–water partition coefficient (Wildman–Crippen LogP) is 2.53. The number of benzene rings is 2. The molecule has 7 rings (SSSR count). The molecule has 30 heavy (non-hydrogen) atoms. The van der Waals surface area contributed by atoms with Crippen molar-refractivity contribution in [2.24, 2.45) is 0 Å². The van der Waals surface area contributed by atoms with Gasteiger partial charge in [-0.1, -0.05) is 36.4 Å². The highest BCUT2D eigenvalue weighted by Gasteiger charge is 2.21. The Hall–Kier alpha value is -4.34. The lowest BCUT2D eigenvalue weighted by atomic mass is 10.2. The van der Waals surface area contributed by atoms with Crippen molar-refractivity contribution in [3.63, 3.8) is 0 Å². The molecule has 0 bridgehead atoms. The van der Waals surface area contributed by atoms with Crippen molar-refractivity contribution >= 4 is 39.1 Å². The number of para-hydroxylation sites is 2. The van der Waals surface area contributed by atoms with Crippen molar-refractivity contribution in [3.8, 4) is 5.95 Å². The fourth-order valence-electron chi connectivity index (χ4n) is 4.15. The summed E-state index contributed by atoms with van der Waals surface area (Å²) < 4.78 is 7.03. The third-order valence-electron chi connectivity index (χ3n) is 5.32. The van der Waals surface area contributed by atoms with Gasteiger partial charge in [0.1, 0.15) is 11.6 Å². The maximum Gasteiger partial charge on any atom is 0.261 e. The first-order chi connectivity index (χ1) is 14.7. The summed E-state index contributed by atoms with van der Waals surface area (Å²) >= 11 is 0. The molecule has 0 spiro atoms. The van der Waals surface area contributed by atoms with Crippen LogP contribution in [0.2, 0.25) is 0 Å². The number of hydrogen-bond acceptors (Lipinski definition) is 6. The first kappa shape index (κ1) is 15.6. The molecule has 0 saturated heterocycles. The normalized spacial score (nSPS) is 12.3. The zero-order chi connectivity index (χ0) is 20.0. The zero-order valence-electron chi connectivity index (χ0n) is 16.1. The Balaban J connectivity index is 1.68. The molecule has 0 unspecified atom stereocenters. The van der Waals surface area contributed by atoms with E-state index in [-0.39, 0.29) is 0 Å². The van der Waals surface area contributed by atoms with Crippen LogP contribution in [0.15, 0.2) is 48.5 Å². The number of nitrogens with zero attached hydrogens (tertiary/aromatic N) is 10. The van der Waals surface area contributed by atoms with Crippen LogP contribution >= 0.6 is 0 Å². The van der Waals surface area contributed by atoms with Gasteiger partial charge in [-0.25, -0.2) is 0 Å². The van der Waals surface area contributed by atoms with Gasteiger partial charge in [0.2, 0.25) is 0 Å². The first-order valence-electron chi connectivity index (χ1n) is 9.53. The molecule has 0 atom stereocenters. The summed E-state index contributed by atoms with van der Waals surface area (Å²) in [5, 5.41) is 16.1. The van der Waals surface area contributed by atoms with Crippen molar-refractivity contribution in [2.75, 3.05) is 0 Å². The van der Waals surface area contributed by atoms with Gasteiger partial charge in [-0.05, 0) is 26.0 Å². The summed E-state index contributed by atoms with van der Waals surface area (Å²) in [6.45, 7) is 3.67. The maximum atomic E-state index is 4.85. The molecule has 0 radical (unpaired) electrons. The van der Waals surface area contributed by atoms with Crippen LogP contribution < -0.4 is 0 Å². The third kappa shape index (κ3) is 1.82. The minimum atomic E-state index is 0.530. The summed E-state index contributed by atoms with van der Waals surface area (Å²) in [7, 11) is 0. The van der Waals surface area contributed by atoms with E-state index in [1.54, 1.807) is 13.5 Å². The number of rotatable bonds is 1. The molecule has 10 nitrogen and oxygen atoms in total. The largest absolute Gasteiger partial charge is 0.277 e. The standard InChI is InChI=1S/C20H14N10/c1-11-21-18-28-19(22-12(2)24-28)30-20(29(18)25-11)23-17(26-30)27-15-9-5-3-7-13(15)14-8-4-6-10-16(14)27/h3-10H,1-2H3. The Bertz CT molecular complexity index is 1650. The van der Waals surface area contributed by atoms with Crippen LogP contribution in [0, 0.1) is 13.8 Å². The SMILES string of the molecule is Cc1nc2n(n1)c1nc(C)nn1c1nc(-n3c4ccccc4c4ccccc43)nn21. The van der Waals surface area contributed by atoms with Crippen LogP contribution in [-0.2, 0) is 0 Å². The van der Waals surface area contributed by atoms with Crippen LogP contribution in [0.4, 0.5) is 0 Å². The summed E-state index contributed by atoms with van der Waals surface area (Å²) in [6, 6.07) is 16.5. The fourth-order valence-corrected chi connectivity index (χ4v) is 4.15. The number of hydrogen-bond donors (Lipinski definition) is 0. The van der Waals surface area contributed by atoms with Gasteiger partial charge in [0, 0.05) is 10.8 Å². The van der Waals surface area contributed by atoms with Gasteiger partial charge >= 0.3 is 0 Å². The summed E-state index contributed by atoms with van der Waals surface area (Å²) in [4.78, 5) is 13.9. The molecule has 0 amide bonds. The molecule has 0 N–H and O–H groups in total. The van der Waals surface area contributed by atoms with Gasteiger partial charge in [0.05, 0.1) is 11.0 Å². The van der Waals surface area contributed by atoms with Crippen molar-refractivity contribution < 1.29 is 0 Å². The molecule has 10 heteroatoms. The minimum absolute atomic E-state index is 0.530. The predicted molar refractivity (Wildman–Crippen MR) is 110 cm³/mol. The van der Waals surface area contributed by atoms with Crippen molar-refractivity contribution in [2.45, 2.75) is 13.8 Å². The molecule has 2 aromatic carbocycles. The van der Waals surface area contributed by atoms with Crippen LogP contribution in [0.5, 0.6) is 0 Å². The second-order valence-electron chi connectivity index (χ2n) is 7.23. The Morgan fingerprint density at radius 2 is 1.03 bits per heavy atom. The van der Waals surface area contributed by atoms with E-state index in [4.69, 9.17) is 10.1 Å². The van der Waals surface area contributed by atoms with E-state index in [9.17, 15) is 0 Å². The maximum absolute atomic E-state index is 4.85. The fraction of sp³-hybridized carbons (Fsp3) is 0.100. The lowest BCUT2D eigenvalue weighted by molar-refractivity contribution is 0.807. The monoisotopic (exact) mass is 394 g/mol. The Labute approximate surface area is 168 Å². The summed E-state index contributed by atoms with van der Waals surface area (Å²) in [5.74, 6) is 3.41. The molecule has 0 aliphatic heterocycles. The van der Waals surface area contributed by atoms with Gasteiger partial charge in [0.25, 0.3) is 23.3 Å². The second-order valence-corrected chi connectivity index (χ2v) is 7.23. The van der Waals surface area contributed by atoms with Gasteiger partial charge in [-0.15, -0.1) is 15.3 Å². The van der Waals surface area contributed by atoms with Crippen LogP contribution in [0.1, 0.15) is 11.6 Å². The molecular formula is C20H14N10. The number of aryl methyl sites for hydroxylation is 2. The molecule has 0 aliphatic carbocycles. The number of fused-ring (bicyclic) bond motifs is 9. The highest BCUT2D eigenvalue weighted by Crippen LogP contribution is 2.30. The lowest BCUT2D eigenvalue weighted by Gasteiger charge is -2.00. The van der Waals surface area contributed by atoms with Crippen molar-refractivity contribution in [1.82, 2.24) is 48.4 Å². The van der Waals surface area contributed by atoms with E-state index in [1.807, 2.05) is 38.1 Å². The molecule has 0 fully saturated rings. The molecule has 144 valence electrons. The average Bonchev–Trinajstić information content (AvgIpc) is 3.49. The molecule has 5 aromatic heterocycles. The summed E-state index contributed by atoms with van der Waals surface area (Å²) in [5.41, 5.74) is 2.07. The van der Waals surface area contributed by atoms with Crippen molar-refractivity contribution in [1.29, 1.82) is 0 Å². The Morgan fingerprint density at radius 3 is 1.60 bits per heavy atom. The molecule has 0 saturated carbocycles. The van der Waals surface area contributed by atoms with Crippen LogP contribution in [0.25, 0.3) is 45.1 Å². The minimum Gasteiger partial charge on any atom is -0.277 e. The van der Waals surface area contributed by atoms with Crippen LogP contribution in [0.3, 0.4) is 0 Å². The van der Waals surface area contributed by atoms with E-state index >= 15 is 0 Å². The zero-order valence-corrected chi connectivity index (χ0v) is 16.1. The molecule has 7 aromatic rings. The third-order valence-corrected chi connectivity index (χ3v) is 5.32. The van der Waals surface area contributed by atoms with E-state index in [0.29, 0.717) is 34.9 Å². The van der Waals surface area contributed by atoms with Gasteiger partial charge in [0.15, 0.2) is 0 Å². The Kier molecular flexibility index (Phi) is 2.68. The highest BCUT2D eigenvalue weighted by atomic mass is 15.5. The quantitative estimate of drug-likeness (QED) is 0.425. The van der Waals surface area contributed by atoms with E-state index in [2.05, 4.69) is 49.0 Å². The van der Waals surface area contributed by atoms with Crippen LogP contribution in [-0.4, -0.2) is 48.4 Å². The van der Waals surface area contributed by atoms with Gasteiger partial charge in [-0.2, -0.15) is 28.5 Å². The lowest BCUT2D eigenvalue weighted by Crippen LogP contribution is -2.06. The van der Waals surface area contributed by atoms with Gasteiger partial charge < -0.3 is 0 Å². The average molecular weight is 394 g/mol. The molecule has 5 heterocycles. The Morgan fingerprint density at radius 1 is 0.567 bits per heavy atom. The molecule has 0 aliphatic rings. The smallest absolute Gasteiger partial charge is 0.261 e. The van der Waals surface area contributed by atoms with E-state index in [1.165, 1.54) is 0 Å². The first-order valence-corrected chi connectivity index (χ1v) is 9.53. The second kappa shape index (κ2) is 5.17. The van der Waals surface area contributed by atoms with E-state index in [0.717, 1.165) is 21.8 Å². The molecular weight excluding hydrogens is 380 g/mol. The van der Waals surface area contributed by atoms with Crippen molar-refractivity contribution in [3.05, 3.63) is 60.2 Å². The van der Waals surface area contributed by atoms with E-state index < -0.39 is 0 Å². The summed E-state index contributed by atoms with van der Waals surface area (Å²) in [6.07, 6.45) is 0.